The van der Waals surface area contributed by atoms with E-state index in [1.54, 1.807) is 42.5 Å². The summed E-state index contributed by atoms with van der Waals surface area (Å²) in [6.07, 6.45) is 3.04. The van der Waals surface area contributed by atoms with Crippen LogP contribution in [0.1, 0.15) is 39.3 Å². The first-order valence-electron chi connectivity index (χ1n) is 10.5. The molecule has 34 heavy (non-hydrogen) atoms. The summed E-state index contributed by atoms with van der Waals surface area (Å²) in [4.78, 5) is 37.3. The van der Waals surface area contributed by atoms with E-state index in [-0.39, 0.29) is 33.9 Å². The number of esters is 1. The Hall–Kier alpha value is -3.92. The second kappa shape index (κ2) is 9.92. The number of sulfone groups is 1. The summed E-state index contributed by atoms with van der Waals surface area (Å²) >= 11 is 0. The molecular weight excluding hydrogens is 460 g/mol. The molecule has 3 aromatic rings. The minimum Gasteiger partial charge on any atom is -0.457 e. The molecule has 0 unspecified atom stereocenters. The standard InChI is InChI=1S/C24H22N2O7S/c27-21(26-20-9-5-4-8-19(20)23(28)25-17-10-11-17)14-33-24(29)22-16(12-13-32-22)15-34(30,31)18-6-2-1-3-7-18/h1-9,12-13,17H,10-11,14-15H2,(H,25,28)(H,26,27). The predicted molar refractivity (Wildman–Crippen MR) is 122 cm³/mol. The summed E-state index contributed by atoms with van der Waals surface area (Å²) in [7, 11) is -3.71. The molecule has 1 aromatic heterocycles. The van der Waals surface area contributed by atoms with Crippen LogP contribution in [0.4, 0.5) is 5.69 Å². The molecule has 0 atom stereocenters. The van der Waals surface area contributed by atoms with Crippen LogP contribution in [0.25, 0.3) is 0 Å². The van der Waals surface area contributed by atoms with Crippen molar-refractivity contribution >= 4 is 33.3 Å². The normalized spacial score (nSPS) is 13.2. The summed E-state index contributed by atoms with van der Waals surface area (Å²) in [5.41, 5.74) is 0.708. The highest BCUT2D eigenvalue weighted by atomic mass is 32.2. The van der Waals surface area contributed by atoms with Gasteiger partial charge in [0, 0.05) is 11.6 Å². The summed E-state index contributed by atoms with van der Waals surface area (Å²) in [5, 5.41) is 5.41. The highest BCUT2D eigenvalue weighted by molar-refractivity contribution is 7.90. The van der Waals surface area contributed by atoms with Crippen molar-refractivity contribution in [3.05, 3.63) is 83.8 Å². The van der Waals surface area contributed by atoms with Gasteiger partial charge in [0.2, 0.25) is 5.76 Å². The molecule has 1 fully saturated rings. The molecular formula is C24H22N2O7S. The van der Waals surface area contributed by atoms with Crippen LogP contribution >= 0.6 is 0 Å². The maximum absolute atomic E-state index is 12.6. The van der Waals surface area contributed by atoms with E-state index in [2.05, 4.69) is 10.6 Å². The number of carbonyl (C=O) groups excluding carboxylic acids is 3. The van der Waals surface area contributed by atoms with E-state index in [0.29, 0.717) is 5.56 Å². The maximum Gasteiger partial charge on any atom is 0.375 e. The van der Waals surface area contributed by atoms with Gasteiger partial charge in [-0.3, -0.25) is 9.59 Å². The number of benzene rings is 2. The molecule has 10 heteroatoms. The Kier molecular flexibility index (Phi) is 6.78. The first-order chi connectivity index (χ1) is 16.3. The second-order valence-corrected chi connectivity index (χ2v) is 9.75. The van der Waals surface area contributed by atoms with E-state index in [1.165, 1.54) is 24.5 Å². The SMILES string of the molecule is O=C(COC(=O)c1occc1CS(=O)(=O)c1ccccc1)Nc1ccccc1C(=O)NC1CC1. The van der Waals surface area contributed by atoms with Gasteiger partial charge < -0.3 is 19.8 Å². The molecule has 0 spiro atoms. The van der Waals surface area contributed by atoms with Crippen LogP contribution in [0.5, 0.6) is 0 Å². The van der Waals surface area contributed by atoms with Gasteiger partial charge in [-0.25, -0.2) is 13.2 Å². The molecule has 2 N–H and O–H groups in total. The zero-order chi connectivity index (χ0) is 24.1. The highest BCUT2D eigenvalue weighted by Crippen LogP contribution is 2.22. The fourth-order valence-electron chi connectivity index (χ4n) is 3.21. The van der Waals surface area contributed by atoms with Crippen molar-refractivity contribution < 1.29 is 32.0 Å². The average molecular weight is 483 g/mol. The van der Waals surface area contributed by atoms with Gasteiger partial charge in [-0.1, -0.05) is 30.3 Å². The van der Waals surface area contributed by atoms with Crippen molar-refractivity contribution in [3.63, 3.8) is 0 Å². The molecule has 176 valence electrons. The first-order valence-corrected chi connectivity index (χ1v) is 12.2. The fourth-order valence-corrected chi connectivity index (χ4v) is 4.58. The summed E-state index contributed by atoms with van der Waals surface area (Å²) in [5.74, 6) is -2.69. The zero-order valence-corrected chi connectivity index (χ0v) is 18.8. The van der Waals surface area contributed by atoms with Crippen molar-refractivity contribution in [2.45, 2.75) is 29.5 Å². The van der Waals surface area contributed by atoms with Crippen LogP contribution < -0.4 is 10.6 Å². The number of furan rings is 1. The number of carbonyl (C=O) groups is 3. The molecule has 0 bridgehead atoms. The number of para-hydroxylation sites is 1. The number of amides is 2. The van der Waals surface area contributed by atoms with Crippen LogP contribution in [-0.2, 0) is 25.1 Å². The molecule has 1 aliphatic carbocycles. The molecule has 1 saturated carbocycles. The van der Waals surface area contributed by atoms with Gasteiger partial charge in [0.1, 0.15) is 0 Å². The predicted octanol–water partition coefficient (Wildman–Crippen LogP) is 2.94. The third-order valence-corrected chi connectivity index (χ3v) is 6.75. The third kappa shape index (κ3) is 5.70. The van der Waals surface area contributed by atoms with Gasteiger partial charge in [0.05, 0.1) is 28.2 Å². The van der Waals surface area contributed by atoms with E-state index in [9.17, 15) is 22.8 Å². The number of nitrogens with one attached hydrogen (secondary N) is 2. The van der Waals surface area contributed by atoms with Crippen molar-refractivity contribution in [1.29, 1.82) is 0 Å². The minimum atomic E-state index is -3.71. The number of hydrogen-bond acceptors (Lipinski definition) is 7. The van der Waals surface area contributed by atoms with Crippen LogP contribution in [0.3, 0.4) is 0 Å². The monoisotopic (exact) mass is 482 g/mol. The summed E-state index contributed by atoms with van der Waals surface area (Å²) in [6.45, 7) is -0.650. The summed E-state index contributed by atoms with van der Waals surface area (Å²) < 4.78 is 35.4. The smallest absolute Gasteiger partial charge is 0.375 e. The number of rotatable bonds is 9. The van der Waals surface area contributed by atoms with Crippen LogP contribution in [0.15, 0.2) is 76.2 Å². The van der Waals surface area contributed by atoms with Gasteiger partial charge in [0.15, 0.2) is 16.4 Å². The molecule has 2 amide bonds. The molecule has 0 aliphatic heterocycles. The Morgan fingerprint density at radius 2 is 1.68 bits per heavy atom. The van der Waals surface area contributed by atoms with Crippen LogP contribution in [0.2, 0.25) is 0 Å². The Balaban J connectivity index is 1.37. The molecule has 2 aromatic carbocycles. The fraction of sp³-hybridized carbons (Fsp3) is 0.208. The van der Waals surface area contributed by atoms with Crippen molar-refractivity contribution in [1.82, 2.24) is 5.32 Å². The molecule has 1 aliphatic rings. The topological polar surface area (TPSA) is 132 Å². The number of anilines is 1. The largest absolute Gasteiger partial charge is 0.457 e. The lowest BCUT2D eigenvalue weighted by atomic mass is 10.1. The minimum absolute atomic E-state index is 0.110. The van der Waals surface area contributed by atoms with E-state index >= 15 is 0 Å². The Labute approximate surface area is 196 Å². The molecule has 9 nitrogen and oxygen atoms in total. The third-order valence-electron chi connectivity index (χ3n) is 5.07. The highest BCUT2D eigenvalue weighted by Gasteiger charge is 2.26. The lowest BCUT2D eigenvalue weighted by Gasteiger charge is -2.11. The van der Waals surface area contributed by atoms with E-state index in [1.807, 2.05) is 0 Å². The molecule has 0 radical (unpaired) electrons. The Morgan fingerprint density at radius 1 is 0.971 bits per heavy atom. The van der Waals surface area contributed by atoms with Crippen LogP contribution in [0, 0.1) is 0 Å². The second-order valence-electron chi connectivity index (χ2n) is 7.76. The zero-order valence-electron chi connectivity index (χ0n) is 18.0. The van der Waals surface area contributed by atoms with Gasteiger partial charge in [0.25, 0.3) is 11.8 Å². The first kappa shape index (κ1) is 23.2. The van der Waals surface area contributed by atoms with E-state index in [4.69, 9.17) is 9.15 Å². The lowest BCUT2D eigenvalue weighted by molar-refractivity contribution is -0.119. The molecule has 0 saturated heterocycles. The number of ether oxygens (including phenoxy) is 1. The van der Waals surface area contributed by atoms with E-state index < -0.39 is 34.1 Å². The van der Waals surface area contributed by atoms with Gasteiger partial charge in [-0.05, 0) is 43.2 Å². The number of hydrogen-bond donors (Lipinski definition) is 2. The molecule has 4 rings (SSSR count). The molecule has 1 heterocycles. The van der Waals surface area contributed by atoms with Crippen molar-refractivity contribution in [2.24, 2.45) is 0 Å². The van der Waals surface area contributed by atoms with Gasteiger partial charge >= 0.3 is 5.97 Å². The van der Waals surface area contributed by atoms with E-state index in [0.717, 1.165) is 12.8 Å². The Bertz CT molecular complexity index is 1310. The van der Waals surface area contributed by atoms with Gasteiger partial charge in [-0.15, -0.1) is 0 Å². The van der Waals surface area contributed by atoms with Gasteiger partial charge in [-0.2, -0.15) is 0 Å². The van der Waals surface area contributed by atoms with Crippen LogP contribution in [-0.4, -0.2) is 38.9 Å². The average Bonchev–Trinajstić information content (AvgIpc) is 3.53. The van der Waals surface area contributed by atoms with Crippen molar-refractivity contribution in [2.75, 3.05) is 11.9 Å². The quantitative estimate of drug-likeness (QED) is 0.448. The summed E-state index contributed by atoms with van der Waals surface area (Å²) in [6, 6.07) is 15.8. The Morgan fingerprint density at radius 3 is 2.41 bits per heavy atom. The lowest BCUT2D eigenvalue weighted by Crippen LogP contribution is -2.28. The maximum atomic E-state index is 12.6. The van der Waals surface area contributed by atoms with Crippen molar-refractivity contribution in [3.8, 4) is 0 Å².